The Labute approximate surface area is 142 Å². The second-order valence-corrected chi connectivity index (χ2v) is 6.97. The highest BCUT2D eigenvalue weighted by Crippen LogP contribution is 2.41. The number of halogens is 1. The van der Waals surface area contributed by atoms with Crippen LogP contribution in [-0.4, -0.2) is 55.7 Å². The van der Waals surface area contributed by atoms with E-state index in [0.29, 0.717) is 17.5 Å². The number of ether oxygens (including phenoxy) is 1. The minimum absolute atomic E-state index is 0.230. The van der Waals surface area contributed by atoms with E-state index in [1.807, 2.05) is 17.0 Å². The van der Waals surface area contributed by atoms with Crippen LogP contribution in [0.5, 0.6) is 0 Å². The average molecular weight is 338 g/mol. The molecule has 2 aliphatic heterocycles. The van der Waals surface area contributed by atoms with Crippen LogP contribution in [0, 0.1) is 5.41 Å². The largest absolute Gasteiger partial charge is 0.385 e. The molecule has 126 valence electrons. The minimum atomic E-state index is -0.230. The zero-order valence-electron chi connectivity index (χ0n) is 13.6. The lowest BCUT2D eigenvalue weighted by Crippen LogP contribution is -2.50. The molecule has 6 heteroatoms. The molecule has 1 aromatic heterocycles. The number of hydrogen-bond acceptors (Lipinski definition) is 4. The molecule has 0 radical (unpaired) electrons. The topological polar surface area (TPSA) is 45.7 Å². The maximum absolute atomic E-state index is 13.0. The molecule has 0 N–H and O–H groups in total. The molecule has 0 saturated carbocycles. The smallest absolute Gasteiger partial charge is 0.230 e. The lowest BCUT2D eigenvalue weighted by atomic mass is 9.78. The van der Waals surface area contributed by atoms with Crippen LogP contribution in [0.25, 0.3) is 0 Å². The van der Waals surface area contributed by atoms with E-state index in [9.17, 15) is 4.79 Å². The number of anilines is 1. The molecule has 3 heterocycles. The first kappa shape index (κ1) is 16.5. The van der Waals surface area contributed by atoms with E-state index >= 15 is 0 Å². The van der Waals surface area contributed by atoms with E-state index in [4.69, 9.17) is 16.3 Å². The Morgan fingerprint density at radius 2 is 2.22 bits per heavy atom. The zero-order valence-corrected chi connectivity index (χ0v) is 14.4. The van der Waals surface area contributed by atoms with Crippen LogP contribution in [0.15, 0.2) is 18.3 Å². The fraction of sp³-hybridized carbons (Fsp3) is 0.647. The van der Waals surface area contributed by atoms with Crippen LogP contribution in [-0.2, 0) is 9.53 Å². The monoisotopic (exact) mass is 337 g/mol. The number of carbonyl (C=O) groups is 1. The fourth-order valence-corrected chi connectivity index (χ4v) is 3.88. The molecule has 23 heavy (non-hydrogen) atoms. The molecule has 0 aromatic carbocycles. The molecular weight excluding hydrogens is 314 g/mol. The quantitative estimate of drug-likeness (QED) is 0.775. The van der Waals surface area contributed by atoms with Gasteiger partial charge in [0.1, 0.15) is 5.82 Å². The standard InChI is InChI=1S/C17H24ClN3O2/c1-23-11-3-9-20-8-2-6-17(16(20)22)7-10-21(13-17)15-5-4-14(18)12-19-15/h4-5,12H,2-3,6-11,13H2,1H3/t17-/m0/s1. The highest BCUT2D eigenvalue weighted by Gasteiger charge is 2.48. The van der Waals surface area contributed by atoms with Crippen molar-refractivity contribution in [3.05, 3.63) is 23.4 Å². The van der Waals surface area contributed by atoms with Gasteiger partial charge in [-0.05, 0) is 37.8 Å². The van der Waals surface area contributed by atoms with E-state index in [2.05, 4.69) is 9.88 Å². The van der Waals surface area contributed by atoms with Gasteiger partial charge in [0.2, 0.25) is 5.91 Å². The molecule has 1 amide bonds. The van der Waals surface area contributed by atoms with E-state index in [-0.39, 0.29) is 5.41 Å². The lowest BCUT2D eigenvalue weighted by molar-refractivity contribution is -0.145. The molecule has 2 fully saturated rings. The summed E-state index contributed by atoms with van der Waals surface area (Å²) < 4.78 is 5.10. The third kappa shape index (κ3) is 3.45. The Morgan fingerprint density at radius 1 is 1.35 bits per heavy atom. The number of carbonyl (C=O) groups excluding carboxylic acids is 1. The van der Waals surface area contributed by atoms with Crippen molar-refractivity contribution in [2.45, 2.75) is 25.7 Å². The first-order valence-corrected chi connectivity index (χ1v) is 8.67. The summed E-state index contributed by atoms with van der Waals surface area (Å²) in [5, 5.41) is 0.640. The zero-order chi connectivity index (χ0) is 16.3. The Hall–Kier alpha value is -1.33. The first-order valence-electron chi connectivity index (χ1n) is 8.29. The second kappa shape index (κ2) is 7.05. The summed E-state index contributed by atoms with van der Waals surface area (Å²) in [7, 11) is 1.70. The van der Waals surface area contributed by atoms with E-state index in [0.717, 1.165) is 57.7 Å². The molecule has 1 spiro atoms. The van der Waals surface area contributed by atoms with Gasteiger partial charge >= 0.3 is 0 Å². The van der Waals surface area contributed by atoms with Crippen molar-refractivity contribution in [2.24, 2.45) is 5.41 Å². The van der Waals surface area contributed by atoms with Crippen molar-refractivity contribution in [3.8, 4) is 0 Å². The van der Waals surface area contributed by atoms with Crippen LogP contribution in [0.2, 0.25) is 5.02 Å². The number of hydrogen-bond donors (Lipinski definition) is 0. The molecule has 0 aliphatic carbocycles. The summed E-state index contributed by atoms with van der Waals surface area (Å²) >= 11 is 5.91. The van der Waals surface area contributed by atoms with Gasteiger partial charge in [-0.25, -0.2) is 4.98 Å². The van der Waals surface area contributed by atoms with Crippen molar-refractivity contribution >= 4 is 23.3 Å². The van der Waals surface area contributed by atoms with E-state index < -0.39 is 0 Å². The van der Waals surface area contributed by atoms with Gasteiger partial charge in [0.05, 0.1) is 10.4 Å². The fourth-order valence-electron chi connectivity index (χ4n) is 3.77. The molecule has 0 bridgehead atoms. The van der Waals surface area contributed by atoms with Gasteiger partial charge < -0.3 is 14.5 Å². The molecular formula is C17H24ClN3O2. The molecule has 2 aliphatic rings. The van der Waals surface area contributed by atoms with Gasteiger partial charge in [-0.15, -0.1) is 0 Å². The van der Waals surface area contributed by atoms with Gasteiger partial charge in [-0.2, -0.15) is 0 Å². The van der Waals surface area contributed by atoms with E-state index in [1.54, 1.807) is 13.3 Å². The number of aromatic nitrogens is 1. The molecule has 5 nitrogen and oxygen atoms in total. The molecule has 1 aromatic rings. The van der Waals surface area contributed by atoms with Crippen molar-refractivity contribution < 1.29 is 9.53 Å². The number of piperidine rings is 1. The number of amides is 1. The average Bonchev–Trinajstić information content (AvgIpc) is 2.98. The number of pyridine rings is 1. The number of methoxy groups -OCH3 is 1. The lowest BCUT2D eigenvalue weighted by Gasteiger charge is -2.39. The summed E-state index contributed by atoms with van der Waals surface area (Å²) in [5.74, 6) is 1.23. The van der Waals surface area contributed by atoms with Gasteiger partial charge in [0, 0.05) is 46.1 Å². The highest BCUT2D eigenvalue weighted by atomic mass is 35.5. The SMILES string of the molecule is COCCCN1CCC[C@@]2(CCN(c3ccc(Cl)cn3)C2)C1=O. The summed E-state index contributed by atoms with van der Waals surface area (Å²) in [5.41, 5.74) is -0.230. The highest BCUT2D eigenvalue weighted by molar-refractivity contribution is 6.30. The summed E-state index contributed by atoms with van der Waals surface area (Å²) in [4.78, 5) is 21.6. The Bertz CT molecular complexity index is 551. The van der Waals surface area contributed by atoms with Crippen LogP contribution >= 0.6 is 11.6 Å². The molecule has 1 atom stereocenters. The Morgan fingerprint density at radius 3 is 2.96 bits per heavy atom. The van der Waals surface area contributed by atoms with Crippen LogP contribution in [0.4, 0.5) is 5.82 Å². The maximum atomic E-state index is 13.0. The first-order chi connectivity index (χ1) is 11.1. The van der Waals surface area contributed by atoms with Crippen LogP contribution in [0.1, 0.15) is 25.7 Å². The second-order valence-electron chi connectivity index (χ2n) is 6.53. The van der Waals surface area contributed by atoms with Crippen LogP contribution < -0.4 is 4.90 Å². The number of rotatable bonds is 5. The summed E-state index contributed by atoms with van der Waals surface area (Å²) in [6.45, 7) is 4.03. The predicted molar refractivity (Wildman–Crippen MR) is 90.8 cm³/mol. The van der Waals surface area contributed by atoms with Crippen molar-refractivity contribution in [3.63, 3.8) is 0 Å². The van der Waals surface area contributed by atoms with Crippen molar-refractivity contribution in [1.82, 2.24) is 9.88 Å². The number of likely N-dealkylation sites (tertiary alicyclic amines) is 1. The maximum Gasteiger partial charge on any atom is 0.230 e. The molecule has 3 rings (SSSR count). The van der Waals surface area contributed by atoms with Gasteiger partial charge in [0.25, 0.3) is 0 Å². The summed E-state index contributed by atoms with van der Waals surface area (Å²) in [6.07, 6.45) is 5.55. The third-order valence-electron chi connectivity index (χ3n) is 4.99. The number of nitrogens with zero attached hydrogens (tertiary/aromatic N) is 3. The predicted octanol–water partition coefficient (Wildman–Crippen LogP) is 2.59. The van der Waals surface area contributed by atoms with Gasteiger partial charge in [0.15, 0.2) is 0 Å². The van der Waals surface area contributed by atoms with Crippen LogP contribution in [0.3, 0.4) is 0 Å². The van der Waals surface area contributed by atoms with Gasteiger partial charge in [-0.3, -0.25) is 4.79 Å². The van der Waals surface area contributed by atoms with E-state index in [1.165, 1.54) is 0 Å². The van der Waals surface area contributed by atoms with Crippen molar-refractivity contribution in [1.29, 1.82) is 0 Å². The Balaban J connectivity index is 1.67. The summed E-state index contributed by atoms with van der Waals surface area (Å²) in [6, 6.07) is 3.79. The Kier molecular flexibility index (Phi) is 5.07. The van der Waals surface area contributed by atoms with Gasteiger partial charge in [-0.1, -0.05) is 11.6 Å². The minimum Gasteiger partial charge on any atom is -0.385 e. The molecule has 0 unspecified atom stereocenters. The third-order valence-corrected chi connectivity index (χ3v) is 5.21. The molecule has 2 saturated heterocycles. The van der Waals surface area contributed by atoms with Crippen molar-refractivity contribution in [2.75, 3.05) is 44.8 Å². The normalized spacial score (nSPS) is 24.7.